The van der Waals surface area contributed by atoms with Crippen molar-refractivity contribution in [2.45, 2.75) is 31.3 Å². The fourth-order valence-electron chi connectivity index (χ4n) is 3.80. The first-order valence-corrected chi connectivity index (χ1v) is 7.87. The maximum absolute atomic E-state index is 12.3. The molecule has 0 aliphatic carbocycles. The van der Waals surface area contributed by atoms with Crippen molar-refractivity contribution in [3.05, 3.63) is 0 Å². The van der Waals surface area contributed by atoms with Gasteiger partial charge in [-0.3, -0.25) is 14.6 Å². The van der Waals surface area contributed by atoms with Gasteiger partial charge < -0.3 is 15.3 Å². The van der Waals surface area contributed by atoms with E-state index in [1.165, 1.54) is 19.4 Å². The second-order valence-corrected chi connectivity index (χ2v) is 6.25. The molecular formula is C14H24N4O3. The number of piperazine rings is 1. The van der Waals surface area contributed by atoms with Gasteiger partial charge in [0.15, 0.2) is 0 Å². The molecule has 0 saturated carbocycles. The maximum Gasteiger partial charge on any atom is 0.317 e. The van der Waals surface area contributed by atoms with Crippen molar-refractivity contribution in [2.75, 3.05) is 45.8 Å². The van der Waals surface area contributed by atoms with Crippen molar-refractivity contribution >= 4 is 12.0 Å². The molecule has 0 aromatic carbocycles. The van der Waals surface area contributed by atoms with E-state index in [1.807, 2.05) is 9.80 Å². The van der Waals surface area contributed by atoms with Crippen LogP contribution >= 0.6 is 0 Å². The number of carbonyl (C=O) groups is 2. The van der Waals surface area contributed by atoms with E-state index in [9.17, 15) is 9.59 Å². The van der Waals surface area contributed by atoms with Gasteiger partial charge in [-0.25, -0.2) is 4.79 Å². The third-order valence-electron chi connectivity index (χ3n) is 4.93. The molecule has 0 spiro atoms. The number of carboxylic acids is 1. The number of aliphatic carboxylic acids is 1. The molecule has 7 heteroatoms. The second kappa shape index (κ2) is 6.19. The second-order valence-electron chi connectivity index (χ2n) is 6.25. The van der Waals surface area contributed by atoms with Crippen LogP contribution < -0.4 is 5.32 Å². The maximum atomic E-state index is 12.3. The van der Waals surface area contributed by atoms with Crippen LogP contribution in [-0.2, 0) is 4.79 Å². The number of amides is 2. The van der Waals surface area contributed by atoms with Crippen LogP contribution in [0.25, 0.3) is 0 Å². The average molecular weight is 296 g/mol. The first kappa shape index (κ1) is 14.6. The number of carboxylic acid groups (broad SMARTS) is 1. The molecule has 3 aliphatic rings. The summed E-state index contributed by atoms with van der Waals surface area (Å²) in [5.74, 6) is -0.805. The molecule has 0 radical (unpaired) electrons. The molecular weight excluding hydrogens is 272 g/mol. The number of urea groups is 1. The summed E-state index contributed by atoms with van der Waals surface area (Å²) in [6.45, 7) is 4.84. The number of hydrogen-bond donors (Lipinski definition) is 2. The van der Waals surface area contributed by atoms with Gasteiger partial charge in [-0.1, -0.05) is 0 Å². The third kappa shape index (κ3) is 3.29. The fraction of sp³-hybridized carbons (Fsp3) is 0.857. The highest BCUT2D eigenvalue weighted by atomic mass is 16.4. The van der Waals surface area contributed by atoms with E-state index >= 15 is 0 Å². The summed E-state index contributed by atoms with van der Waals surface area (Å²) in [6.07, 6.45) is 3.48. The van der Waals surface area contributed by atoms with Crippen molar-refractivity contribution in [2.24, 2.45) is 0 Å². The lowest BCUT2D eigenvalue weighted by Crippen LogP contribution is -2.55. The smallest absolute Gasteiger partial charge is 0.317 e. The first-order valence-electron chi connectivity index (χ1n) is 7.87. The Morgan fingerprint density at radius 2 is 1.81 bits per heavy atom. The van der Waals surface area contributed by atoms with Crippen LogP contribution in [0.5, 0.6) is 0 Å². The molecule has 21 heavy (non-hydrogen) atoms. The predicted molar refractivity (Wildman–Crippen MR) is 77.2 cm³/mol. The van der Waals surface area contributed by atoms with Crippen LogP contribution in [0.1, 0.15) is 19.3 Å². The minimum Gasteiger partial charge on any atom is -0.480 e. The summed E-state index contributed by atoms with van der Waals surface area (Å²) in [7, 11) is 0. The Hall–Kier alpha value is -1.34. The molecule has 2 amide bonds. The van der Waals surface area contributed by atoms with E-state index < -0.39 is 5.97 Å². The largest absolute Gasteiger partial charge is 0.480 e. The van der Waals surface area contributed by atoms with E-state index in [0.717, 1.165) is 13.0 Å². The van der Waals surface area contributed by atoms with Crippen LogP contribution in [0, 0.1) is 0 Å². The molecule has 2 unspecified atom stereocenters. The summed E-state index contributed by atoms with van der Waals surface area (Å²) in [4.78, 5) is 29.2. The standard InChI is InChI=1S/C14H24N4O3/c19-13(20)10-16-6-8-18(9-7-16)14(21)15-11-3-5-17-4-1-2-12(11)17/h11-12H,1-10H2,(H,15,21)(H,19,20). The summed E-state index contributed by atoms with van der Waals surface area (Å²) >= 11 is 0. The Morgan fingerprint density at radius 1 is 1.05 bits per heavy atom. The van der Waals surface area contributed by atoms with Crippen LogP contribution in [0.15, 0.2) is 0 Å². The van der Waals surface area contributed by atoms with Crippen molar-refractivity contribution in [3.8, 4) is 0 Å². The van der Waals surface area contributed by atoms with Crippen LogP contribution in [0.2, 0.25) is 0 Å². The molecule has 2 atom stereocenters. The quantitative estimate of drug-likeness (QED) is 0.743. The minimum atomic E-state index is -0.805. The average Bonchev–Trinajstić information content (AvgIpc) is 3.04. The SMILES string of the molecule is O=C(O)CN1CCN(C(=O)NC2CCN3CCCC23)CC1. The van der Waals surface area contributed by atoms with Gasteiger partial charge >= 0.3 is 12.0 Å². The molecule has 0 bridgehead atoms. The Bertz CT molecular complexity index is 409. The Morgan fingerprint density at radius 3 is 2.52 bits per heavy atom. The predicted octanol–water partition coefficient (Wildman–Crippen LogP) is -0.365. The Balaban J connectivity index is 1.45. The Labute approximate surface area is 124 Å². The zero-order valence-electron chi connectivity index (χ0n) is 12.3. The van der Waals surface area contributed by atoms with E-state index in [-0.39, 0.29) is 18.6 Å². The molecule has 2 N–H and O–H groups in total. The molecule has 0 aromatic heterocycles. The summed E-state index contributed by atoms with van der Waals surface area (Å²) in [6, 6.07) is 0.836. The molecule has 7 nitrogen and oxygen atoms in total. The molecule has 118 valence electrons. The van der Waals surface area contributed by atoms with Crippen LogP contribution in [0.3, 0.4) is 0 Å². The summed E-state index contributed by atoms with van der Waals surface area (Å²) in [5, 5.41) is 12.0. The molecule has 3 aliphatic heterocycles. The third-order valence-corrected chi connectivity index (χ3v) is 4.93. The van der Waals surface area contributed by atoms with Gasteiger partial charge in [-0.2, -0.15) is 0 Å². The van der Waals surface area contributed by atoms with Crippen molar-refractivity contribution < 1.29 is 14.7 Å². The van der Waals surface area contributed by atoms with Gasteiger partial charge in [0, 0.05) is 44.8 Å². The van der Waals surface area contributed by atoms with Gasteiger partial charge in [-0.15, -0.1) is 0 Å². The number of rotatable bonds is 3. The number of nitrogens with one attached hydrogen (secondary N) is 1. The lowest BCUT2D eigenvalue weighted by Gasteiger charge is -2.35. The highest BCUT2D eigenvalue weighted by Gasteiger charge is 2.38. The van der Waals surface area contributed by atoms with E-state index in [1.54, 1.807) is 0 Å². The molecule has 3 heterocycles. The van der Waals surface area contributed by atoms with Gasteiger partial charge in [-0.05, 0) is 25.8 Å². The van der Waals surface area contributed by atoms with Gasteiger partial charge in [0.25, 0.3) is 0 Å². The summed E-state index contributed by atoms with van der Waals surface area (Å²) in [5.41, 5.74) is 0. The fourth-order valence-corrected chi connectivity index (χ4v) is 3.80. The zero-order chi connectivity index (χ0) is 14.8. The topological polar surface area (TPSA) is 76.1 Å². The molecule has 0 aromatic rings. The monoisotopic (exact) mass is 296 g/mol. The van der Waals surface area contributed by atoms with E-state index in [2.05, 4.69) is 10.2 Å². The van der Waals surface area contributed by atoms with Crippen LogP contribution in [-0.4, -0.2) is 89.7 Å². The van der Waals surface area contributed by atoms with Gasteiger partial charge in [0.1, 0.15) is 0 Å². The summed E-state index contributed by atoms with van der Waals surface area (Å²) < 4.78 is 0. The van der Waals surface area contributed by atoms with Crippen molar-refractivity contribution in [1.82, 2.24) is 20.0 Å². The highest BCUT2D eigenvalue weighted by Crippen LogP contribution is 2.27. The lowest BCUT2D eigenvalue weighted by atomic mass is 10.1. The minimum absolute atomic E-state index is 0.0173. The number of nitrogens with zero attached hydrogens (tertiary/aromatic N) is 3. The molecule has 3 saturated heterocycles. The highest BCUT2D eigenvalue weighted by molar-refractivity contribution is 5.75. The zero-order valence-corrected chi connectivity index (χ0v) is 12.3. The van der Waals surface area contributed by atoms with Gasteiger partial charge in [0.2, 0.25) is 0 Å². The lowest BCUT2D eigenvalue weighted by molar-refractivity contribution is -0.138. The number of carbonyl (C=O) groups excluding carboxylic acids is 1. The molecule has 3 fully saturated rings. The van der Waals surface area contributed by atoms with Crippen LogP contribution in [0.4, 0.5) is 4.79 Å². The van der Waals surface area contributed by atoms with E-state index in [0.29, 0.717) is 32.2 Å². The van der Waals surface area contributed by atoms with E-state index in [4.69, 9.17) is 5.11 Å². The normalized spacial score (nSPS) is 30.4. The Kier molecular flexibility index (Phi) is 4.30. The first-order chi connectivity index (χ1) is 10.1. The molecule has 3 rings (SSSR count). The van der Waals surface area contributed by atoms with Crippen molar-refractivity contribution in [1.29, 1.82) is 0 Å². The number of hydrogen-bond acceptors (Lipinski definition) is 4. The van der Waals surface area contributed by atoms with Crippen molar-refractivity contribution in [3.63, 3.8) is 0 Å². The number of fused-ring (bicyclic) bond motifs is 1. The van der Waals surface area contributed by atoms with Gasteiger partial charge in [0.05, 0.1) is 6.54 Å².